The fourth-order valence-electron chi connectivity index (χ4n) is 1.49. The second-order valence-electron chi connectivity index (χ2n) is 3.94. The highest BCUT2D eigenvalue weighted by atomic mass is 32.1. The molecule has 2 nitrogen and oxygen atoms in total. The van der Waals surface area contributed by atoms with Crippen molar-refractivity contribution in [3.05, 3.63) is 41.0 Å². The van der Waals surface area contributed by atoms with E-state index in [9.17, 15) is 13.2 Å². The first-order chi connectivity index (χ1) is 8.38. The second-order valence-corrected chi connectivity index (χ2v) is 4.97. The number of thiazole rings is 1. The molecule has 18 heavy (non-hydrogen) atoms. The number of halogens is 3. The van der Waals surface area contributed by atoms with Crippen LogP contribution >= 0.6 is 11.3 Å². The fraction of sp³-hybridized carbons (Fsp3) is 0.250. The molecule has 0 saturated carbocycles. The van der Waals surface area contributed by atoms with Crippen LogP contribution in [0.2, 0.25) is 0 Å². The van der Waals surface area contributed by atoms with Crippen LogP contribution in [0.25, 0.3) is 10.4 Å². The Kier molecular flexibility index (Phi) is 3.41. The number of rotatable bonds is 2. The second kappa shape index (κ2) is 4.70. The maximum absolute atomic E-state index is 12.4. The zero-order chi connectivity index (χ0) is 13.3. The van der Waals surface area contributed by atoms with Gasteiger partial charge in [0.1, 0.15) is 0 Å². The van der Waals surface area contributed by atoms with E-state index in [1.165, 1.54) is 6.20 Å². The number of alkyl halides is 3. The zero-order valence-corrected chi connectivity index (χ0v) is 10.3. The third kappa shape index (κ3) is 2.70. The van der Waals surface area contributed by atoms with Gasteiger partial charge in [0, 0.05) is 12.2 Å². The summed E-state index contributed by atoms with van der Waals surface area (Å²) < 4.78 is 37.3. The molecule has 2 rings (SSSR count). The lowest BCUT2D eigenvalue weighted by Gasteiger charge is -2.05. The van der Waals surface area contributed by atoms with Crippen LogP contribution in [-0.4, -0.2) is 4.98 Å². The molecule has 1 aromatic heterocycles. The van der Waals surface area contributed by atoms with E-state index in [1.54, 1.807) is 12.1 Å². The van der Waals surface area contributed by atoms with Crippen molar-refractivity contribution in [3.8, 4) is 10.4 Å². The molecule has 96 valence electrons. The average molecular weight is 272 g/mol. The summed E-state index contributed by atoms with van der Waals surface area (Å²) in [6, 6.07) is 7.05. The third-order valence-electron chi connectivity index (χ3n) is 2.47. The Bertz CT molecular complexity index is 529. The van der Waals surface area contributed by atoms with Crippen molar-refractivity contribution in [3.63, 3.8) is 0 Å². The number of nitrogens with zero attached hydrogens (tertiary/aromatic N) is 1. The summed E-state index contributed by atoms with van der Waals surface area (Å²) in [6.07, 6.45) is -3.14. The molecular formula is C12H11F3N2S. The van der Waals surface area contributed by atoms with E-state index in [0.717, 1.165) is 5.56 Å². The predicted molar refractivity (Wildman–Crippen MR) is 65.2 cm³/mol. The maximum Gasteiger partial charge on any atom is 0.443 e. The van der Waals surface area contributed by atoms with Gasteiger partial charge in [-0.1, -0.05) is 24.3 Å². The summed E-state index contributed by atoms with van der Waals surface area (Å²) in [5, 5.41) is -0.825. The molecule has 0 aliphatic rings. The Morgan fingerprint density at radius 1 is 1.22 bits per heavy atom. The van der Waals surface area contributed by atoms with E-state index in [-0.39, 0.29) is 6.04 Å². The number of hydrogen-bond donors (Lipinski definition) is 1. The van der Waals surface area contributed by atoms with Gasteiger partial charge < -0.3 is 5.73 Å². The minimum absolute atomic E-state index is 0.0914. The highest BCUT2D eigenvalue weighted by molar-refractivity contribution is 7.15. The monoisotopic (exact) mass is 272 g/mol. The standard InChI is InChI=1S/C12H11F3N2S/c1-7(16)8-2-4-9(5-3-8)10-6-17-11(18-10)12(13,14)15/h2-7H,16H2,1H3. The number of benzene rings is 1. The number of hydrogen-bond acceptors (Lipinski definition) is 3. The van der Waals surface area contributed by atoms with Crippen molar-refractivity contribution in [2.24, 2.45) is 5.73 Å². The lowest BCUT2D eigenvalue weighted by Crippen LogP contribution is -2.04. The Balaban J connectivity index is 2.29. The van der Waals surface area contributed by atoms with E-state index in [0.29, 0.717) is 21.8 Å². The van der Waals surface area contributed by atoms with Gasteiger partial charge in [-0.15, -0.1) is 11.3 Å². The largest absolute Gasteiger partial charge is 0.443 e. The molecular weight excluding hydrogens is 261 g/mol. The summed E-state index contributed by atoms with van der Waals surface area (Å²) in [4.78, 5) is 3.89. The van der Waals surface area contributed by atoms with Crippen molar-refractivity contribution in [2.45, 2.75) is 19.1 Å². The first kappa shape index (κ1) is 13.0. The molecule has 1 atom stereocenters. The van der Waals surface area contributed by atoms with Gasteiger partial charge in [-0.25, -0.2) is 4.98 Å². The predicted octanol–water partition coefficient (Wildman–Crippen LogP) is 3.85. The van der Waals surface area contributed by atoms with Crippen LogP contribution in [0.1, 0.15) is 23.5 Å². The minimum atomic E-state index is -4.38. The third-order valence-corrected chi connectivity index (χ3v) is 3.56. The molecule has 0 amide bonds. The van der Waals surface area contributed by atoms with E-state index < -0.39 is 11.2 Å². The lowest BCUT2D eigenvalue weighted by atomic mass is 10.1. The molecule has 0 spiro atoms. The van der Waals surface area contributed by atoms with E-state index >= 15 is 0 Å². The first-order valence-electron chi connectivity index (χ1n) is 5.27. The summed E-state index contributed by atoms with van der Waals surface area (Å²) >= 11 is 0.640. The molecule has 2 aromatic rings. The van der Waals surface area contributed by atoms with Crippen LogP contribution in [0.3, 0.4) is 0 Å². The molecule has 0 radical (unpaired) electrons. The molecule has 1 aromatic carbocycles. The van der Waals surface area contributed by atoms with E-state index in [2.05, 4.69) is 4.98 Å². The zero-order valence-electron chi connectivity index (χ0n) is 9.53. The normalized spacial score (nSPS) is 13.6. The summed E-state index contributed by atoms with van der Waals surface area (Å²) in [7, 11) is 0. The quantitative estimate of drug-likeness (QED) is 0.901. The Morgan fingerprint density at radius 3 is 2.28 bits per heavy atom. The lowest BCUT2D eigenvalue weighted by molar-refractivity contribution is -0.137. The van der Waals surface area contributed by atoms with Crippen LogP contribution in [0.5, 0.6) is 0 Å². The first-order valence-corrected chi connectivity index (χ1v) is 6.08. The van der Waals surface area contributed by atoms with Crippen molar-refractivity contribution in [1.29, 1.82) is 0 Å². The molecule has 2 N–H and O–H groups in total. The molecule has 0 saturated heterocycles. The van der Waals surface area contributed by atoms with Crippen LogP contribution in [0.4, 0.5) is 13.2 Å². The van der Waals surface area contributed by atoms with Gasteiger partial charge in [0.05, 0.1) is 4.88 Å². The molecule has 0 aliphatic carbocycles. The van der Waals surface area contributed by atoms with Gasteiger partial charge in [0.25, 0.3) is 0 Å². The van der Waals surface area contributed by atoms with Crippen LogP contribution < -0.4 is 5.73 Å². The maximum atomic E-state index is 12.4. The molecule has 6 heteroatoms. The summed E-state index contributed by atoms with van der Waals surface area (Å²) in [5.41, 5.74) is 7.36. The molecule has 0 bridgehead atoms. The molecule has 0 fully saturated rings. The van der Waals surface area contributed by atoms with Crippen molar-refractivity contribution in [2.75, 3.05) is 0 Å². The van der Waals surface area contributed by atoms with Crippen molar-refractivity contribution >= 4 is 11.3 Å². The van der Waals surface area contributed by atoms with Crippen LogP contribution in [-0.2, 0) is 6.18 Å². The van der Waals surface area contributed by atoms with Crippen LogP contribution in [0, 0.1) is 0 Å². The number of aromatic nitrogens is 1. The SMILES string of the molecule is CC(N)c1ccc(-c2cnc(C(F)(F)F)s2)cc1. The van der Waals surface area contributed by atoms with E-state index in [1.807, 2.05) is 19.1 Å². The smallest absolute Gasteiger partial charge is 0.324 e. The summed E-state index contributed by atoms with van der Waals surface area (Å²) in [5.74, 6) is 0. The number of nitrogens with two attached hydrogens (primary N) is 1. The van der Waals surface area contributed by atoms with Crippen LogP contribution in [0.15, 0.2) is 30.5 Å². The highest BCUT2D eigenvalue weighted by Gasteiger charge is 2.34. The van der Waals surface area contributed by atoms with Gasteiger partial charge in [-0.05, 0) is 18.1 Å². The summed E-state index contributed by atoms with van der Waals surface area (Å²) in [6.45, 7) is 1.85. The van der Waals surface area contributed by atoms with Crippen molar-refractivity contribution < 1.29 is 13.2 Å². The highest BCUT2D eigenvalue weighted by Crippen LogP contribution is 2.36. The van der Waals surface area contributed by atoms with Gasteiger partial charge in [0.2, 0.25) is 0 Å². The van der Waals surface area contributed by atoms with Gasteiger partial charge in [-0.2, -0.15) is 13.2 Å². The molecule has 1 heterocycles. The minimum Gasteiger partial charge on any atom is -0.324 e. The molecule has 1 unspecified atom stereocenters. The van der Waals surface area contributed by atoms with Gasteiger partial charge in [0.15, 0.2) is 5.01 Å². The average Bonchev–Trinajstić information content (AvgIpc) is 2.78. The fourth-order valence-corrected chi connectivity index (χ4v) is 2.28. The van der Waals surface area contributed by atoms with E-state index in [4.69, 9.17) is 5.73 Å². The van der Waals surface area contributed by atoms with Gasteiger partial charge >= 0.3 is 6.18 Å². The Labute approximate surface area is 106 Å². The topological polar surface area (TPSA) is 38.9 Å². The Hall–Kier alpha value is -1.40. The Morgan fingerprint density at radius 2 is 1.83 bits per heavy atom. The molecule has 0 aliphatic heterocycles. The van der Waals surface area contributed by atoms with Gasteiger partial charge in [-0.3, -0.25) is 0 Å². The van der Waals surface area contributed by atoms with Crippen molar-refractivity contribution in [1.82, 2.24) is 4.98 Å².